The Labute approximate surface area is 135 Å². The van der Waals surface area contributed by atoms with Crippen molar-refractivity contribution >= 4 is 11.6 Å². The van der Waals surface area contributed by atoms with Gasteiger partial charge >= 0.3 is 0 Å². The lowest BCUT2D eigenvalue weighted by atomic mass is 10.1. The van der Waals surface area contributed by atoms with Crippen molar-refractivity contribution in [3.63, 3.8) is 0 Å². The number of carbonyl (C=O) groups is 1. The zero-order chi connectivity index (χ0) is 16.5. The molecule has 0 saturated carbocycles. The zero-order valence-electron chi connectivity index (χ0n) is 13.0. The summed E-state index contributed by atoms with van der Waals surface area (Å²) in [6.45, 7) is 0.913. The average molecular weight is 309 g/mol. The Kier molecular flexibility index (Phi) is 6.16. The number of ether oxygens (including phenoxy) is 1. The summed E-state index contributed by atoms with van der Waals surface area (Å²) in [6, 6.07) is 16.6. The van der Waals surface area contributed by atoms with Crippen LogP contribution in [0.15, 0.2) is 48.5 Å². The van der Waals surface area contributed by atoms with Crippen LogP contribution in [0.5, 0.6) is 5.75 Å². The first-order chi connectivity index (χ1) is 11.2. The maximum atomic E-state index is 11.8. The molecule has 0 unspecified atom stereocenters. The van der Waals surface area contributed by atoms with Crippen LogP contribution < -0.4 is 15.4 Å². The summed E-state index contributed by atoms with van der Waals surface area (Å²) in [7, 11) is 1.65. The van der Waals surface area contributed by atoms with Crippen molar-refractivity contribution in [3.05, 3.63) is 59.7 Å². The molecule has 0 fully saturated rings. The molecule has 0 heterocycles. The first-order valence-electron chi connectivity index (χ1n) is 7.35. The van der Waals surface area contributed by atoms with Crippen molar-refractivity contribution in [1.29, 1.82) is 5.26 Å². The molecule has 5 nitrogen and oxygen atoms in total. The summed E-state index contributed by atoms with van der Waals surface area (Å²) < 4.78 is 5.29. The number of amides is 1. The second kappa shape index (κ2) is 8.57. The van der Waals surface area contributed by atoms with Crippen molar-refractivity contribution in [2.24, 2.45) is 0 Å². The van der Waals surface area contributed by atoms with Crippen LogP contribution in [0, 0.1) is 11.3 Å². The molecule has 0 aliphatic heterocycles. The molecule has 2 N–H and O–H groups in total. The molecule has 0 aromatic heterocycles. The number of methoxy groups -OCH3 is 1. The number of rotatable bonds is 7. The highest BCUT2D eigenvalue weighted by molar-refractivity contribution is 5.92. The van der Waals surface area contributed by atoms with E-state index in [0.717, 1.165) is 17.7 Å². The van der Waals surface area contributed by atoms with Crippen LogP contribution in [0.3, 0.4) is 0 Å². The molecule has 0 aliphatic rings. The molecule has 0 atom stereocenters. The number of nitrogens with one attached hydrogen (secondary N) is 2. The van der Waals surface area contributed by atoms with E-state index in [9.17, 15) is 4.79 Å². The Morgan fingerprint density at radius 3 is 2.61 bits per heavy atom. The van der Waals surface area contributed by atoms with Gasteiger partial charge in [0.05, 0.1) is 25.3 Å². The van der Waals surface area contributed by atoms with Crippen LogP contribution in [-0.2, 0) is 11.2 Å². The fraction of sp³-hybridized carbons (Fsp3) is 0.222. The molecule has 2 rings (SSSR count). The molecular formula is C18H19N3O2. The van der Waals surface area contributed by atoms with Gasteiger partial charge in [-0.1, -0.05) is 18.2 Å². The summed E-state index contributed by atoms with van der Waals surface area (Å²) in [5, 5.41) is 14.6. The van der Waals surface area contributed by atoms with Gasteiger partial charge in [-0.2, -0.15) is 5.26 Å². The molecule has 0 saturated heterocycles. The van der Waals surface area contributed by atoms with Crippen LogP contribution in [0.25, 0.3) is 0 Å². The molecule has 2 aromatic carbocycles. The van der Waals surface area contributed by atoms with E-state index in [-0.39, 0.29) is 12.5 Å². The second-order valence-electron chi connectivity index (χ2n) is 4.98. The second-order valence-corrected chi connectivity index (χ2v) is 4.98. The fourth-order valence-corrected chi connectivity index (χ4v) is 2.17. The number of carbonyl (C=O) groups excluding carboxylic acids is 1. The third-order valence-corrected chi connectivity index (χ3v) is 3.35. The van der Waals surface area contributed by atoms with Crippen molar-refractivity contribution in [2.45, 2.75) is 6.42 Å². The van der Waals surface area contributed by atoms with E-state index >= 15 is 0 Å². The fourth-order valence-electron chi connectivity index (χ4n) is 2.17. The highest BCUT2D eigenvalue weighted by atomic mass is 16.5. The summed E-state index contributed by atoms with van der Waals surface area (Å²) in [5.41, 5.74) is 2.36. The topological polar surface area (TPSA) is 74.2 Å². The third-order valence-electron chi connectivity index (χ3n) is 3.35. The van der Waals surface area contributed by atoms with Gasteiger partial charge in [-0.05, 0) is 48.9 Å². The quantitative estimate of drug-likeness (QED) is 0.770. The Morgan fingerprint density at radius 2 is 1.91 bits per heavy atom. The maximum absolute atomic E-state index is 11.8. The number of hydrogen-bond acceptors (Lipinski definition) is 4. The molecule has 5 heteroatoms. The minimum Gasteiger partial charge on any atom is -0.496 e. The molecule has 0 spiro atoms. The standard InChI is InChI=1S/C18H19N3O2/c1-23-17-5-3-2-4-15(17)10-11-20-13-18(22)21-16-8-6-14(12-19)7-9-16/h2-9,20H,10-11,13H2,1H3,(H,21,22). The SMILES string of the molecule is COc1ccccc1CCNCC(=O)Nc1ccc(C#N)cc1. The molecular weight excluding hydrogens is 290 g/mol. The van der Waals surface area contributed by atoms with E-state index in [1.165, 1.54) is 0 Å². The van der Waals surface area contributed by atoms with Gasteiger partial charge in [-0.3, -0.25) is 4.79 Å². The van der Waals surface area contributed by atoms with Crippen LogP contribution >= 0.6 is 0 Å². The van der Waals surface area contributed by atoms with Crippen molar-refractivity contribution in [1.82, 2.24) is 5.32 Å². The molecule has 118 valence electrons. The molecule has 23 heavy (non-hydrogen) atoms. The van der Waals surface area contributed by atoms with Crippen molar-refractivity contribution in [2.75, 3.05) is 25.5 Å². The number of nitrogens with zero attached hydrogens (tertiary/aromatic N) is 1. The van der Waals surface area contributed by atoms with Gasteiger partial charge in [-0.25, -0.2) is 0 Å². The highest BCUT2D eigenvalue weighted by Crippen LogP contribution is 2.17. The zero-order valence-corrected chi connectivity index (χ0v) is 13.0. The van der Waals surface area contributed by atoms with Crippen LogP contribution in [-0.4, -0.2) is 26.1 Å². The minimum atomic E-state index is -0.116. The van der Waals surface area contributed by atoms with E-state index in [1.54, 1.807) is 31.4 Å². The lowest BCUT2D eigenvalue weighted by molar-refractivity contribution is -0.115. The van der Waals surface area contributed by atoms with Gasteiger partial charge in [0, 0.05) is 5.69 Å². The molecule has 0 bridgehead atoms. The number of nitriles is 1. The lowest BCUT2D eigenvalue weighted by Crippen LogP contribution is -2.29. The Hall–Kier alpha value is -2.84. The van der Waals surface area contributed by atoms with Crippen LogP contribution in [0.1, 0.15) is 11.1 Å². The summed E-state index contributed by atoms with van der Waals surface area (Å²) >= 11 is 0. The maximum Gasteiger partial charge on any atom is 0.238 e. The van der Waals surface area contributed by atoms with Gasteiger partial charge < -0.3 is 15.4 Å². The van der Waals surface area contributed by atoms with E-state index in [1.807, 2.05) is 30.3 Å². The Bertz CT molecular complexity index is 690. The highest BCUT2D eigenvalue weighted by Gasteiger charge is 2.04. The average Bonchev–Trinajstić information content (AvgIpc) is 2.59. The van der Waals surface area contributed by atoms with E-state index < -0.39 is 0 Å². The largest absolute Gasteiger partial charge is 0.496 e. The molecule has 0 radical (unpaired) electrons. The molecule has 1 amide bonds. The predicted molar refractivity (Wildman–Crippen MR) is 89.4 cm³/mol. The summed E-state index contributed by atoms with van der Waals surface area (Å²) in [6.07, 6.45) is 0.786. The van der Waals surface area contributed by atoms with Crippen molar-refractivity contribution < 1.29 is 9.53 Å². The predicted octanol–water partition coefficient (Wildman–Crippen LogP) is 2.34. The van der Waals surface area contributed by atoms with Gasteiger partial charge in [0.2, 0.25) is 5.91 Å². The van der Waals surface area contributed by atoms with E-state index in [0.29, 0.717) is 17.8 Å². The Balaban J connectivity index is 1.73. The van der Waals surface area contributed by atoms with Crippen molar-refractivity contribution in [3.8, 4) is 11.8 Å². The normalized spacial score (nSPS) is 9.91. The lowest BCUT2D eigenvalue weighted by Gasteiger charge is -2.09. The molecule has 2 aromatic rings. The summed E-state index contributed by atoms with van der Waals surface area (Å²) in [4.78, 5) is 11.8. The minimum absolute atomic E-state index is 0.116. The number of benzene rings is 2. The number of hydrogen-bond donors (Lipinski definition) is 2. The Morgan fingerprint density at radius 1 is 1.17 bits per heavy atom. The van der Waals surface area contributed by atoms with Crippen LogP contribution in [0.4, 0.5) is 5.69 Å². The van der Waals surface area contributed by atoms with Gasteiger partial charge in [0.25, 0.3) is 0 Å². The van der Waals surface area contributed by atoms with Gasteiger partial charge in [0.15, 0.2) is 0 Å². The first-order valence-corrected chi connectivity index (χ1v) is 7.35. The number of para-hydroxylation sites is 1. The van der Waals surface area contributed by atoms with E-state index in [4.69, 9.17) is 10.00 Å². The number of anilines is 1. The smallest absolute Gasteiger partial charge is 0.238 e. The van der Waals surface area contributed by atoms with Gasteiger partial charge in [0.1, 0.15) is 5.75 Å². The molecule has 0 aliphatic carbocycles. The first kappa shape index (κ1) is 16.5. The van der Waals surface area contributed by atoms with Crippen LogP contribution in [0.2, 0.25) is 0 Å². The van der Waals surface area contributed by atoms with Gasteiger partial charge in [-0.15, -0.1) is 0 Å². The monoisotopic (exact) mass is 309 g/mol. The third kappa shape index (κ3) is 5.13. The van der Waals surface area contributed by atoms with E-state index in [2.05, 4.69) is 10.6 Å². The summed E-state index contributed by atoms with van der Waals surface area (Å²) in [5.74, 6) is 0.742.